The molecule has 0 fully saturated rings. The van der Waals surface area contributed by atoms with Gasteiger partial charge < -0.3 is 5.32 Å². The Kier molecular flexibility index (Phi) is 6.48. The summed E-state index contributed by atoms with van der Waals surface area (Å²) in [5.41, 5.74) is 2.61. The molecule has 1 aromatic heterocycles. The Labute approximate surface area is 177 Å². The molecule has 140 valence electrons. The van der Waals surface area contributed by atoms with Gasteiger partial charge in [0.15, 0.2) is 0 Å². The van der Waals surface area contributed by atoms with Crippen molar-refractivity contribution >= 4 is 57.1 Å². The standard InChI is InChI=1S/C21H15Cl2N3OS/c1-2-18(27)25-21-19(14-6-4-3-5-7-14)26-20(28-21)15(12-24)10-13-8-9-16(22)17(23)11-13/h3-11H,2H2,1H3,(H,25,27). The number of nitrogens with zero attached hydrogens (tertiary/aromatic N) is 2. The molecule has 1 amide bonds. The van der Waals surface area contributed by atoms with Crippen molar-refractivity contribution in [1.29, 1.82) is 5.26 Å². The molecule has 0 saturated carbocycles. The van der Waals surface area contributed by atoms with Crippen LogP contribution in [0.2, 0.25) is 10.0 Å². The fourth-order valence-corrected chi connectivity index (χ4v) is 3.71. The highest BCUT2D eigenvalue weighted by Gasteiger charge is 2.17. The first-order chi connectivity index (χ1) is 13.5. The summed E-state index contributed by atoms with van der Waals surface area (Å²) in [6.07, 6.45) is 2.05. The quantitative estimate of drug-likeness (QED) is 0.470. The number of benzene rings is 2. The molecule has 0 unspecified atom stereocenters. The van der Waals surface area contributed by atoms with E-state index in [0.29, 0.717) is 37.7 Å². The normalized spacial score (nSPS) is 11.1. The summed E-state index contributed by atoms with van der Waals surface area (Å²) in [6, 6.07) is 16.8. The number of thiazole rings is 1. The maximum Gasteiger partial charge on any atom is 0.224 e. The average molecular weight is 428 g/mol. The van der Waals surface area contributed by atoms with Gasteiger partial charge >= 0.3 is 0 Å². The monoisotopic (exact) mass is 427 g/mol. The minimum atomic E-state index is -0.112. The molecule has 3 rings (SSSR count). The molecule has 1 N–H and O–H groups in total. The van der Waals surface area contributed by atoms with Crippen molar-refractivity contribution in [2.45, 2.75) is 13.3 Å². The lowest BCUT2D eigenvalue weighted by molar-refractivity contribution is -0.115. The number of rotatable bonds is 5. The van der Waals surface area contributed by atoms with E-state index in [2.05, 4.69) is 16.4 Å². The van der Waals surface area contributed by atoms with Crippen molar-refractivity contribution in [3.05, 3.63) is 69.1 Å². The Morgan fingerprint density at radius 3 is 2.61 bits per heavy atom. The van der Waals surface area contributed by atoms with Crippen LogP contribution >= 0.6 is 34.5 Å². The van der Waals surface area contributed by atoms with E-state index in [-0.39, 0.29) is 5.91 Å². The van der Waals surface area contributed by atoms with Gasteiger partial charge in [-0.05, 0) is 23.8 Å². The van der Waals surface area contributed by atoms with Gasteiger partial charge in [0.1, 0.15) is 21.8 Å². The summed E-state index contributed by atoms with van der Waals surface area (Å²) in [5, 5.41) is 14.5. The Bertz CT molecular complexity index is 1080. The van der Waals surface area contributed by atoms with Crippen molar-refractivity contribution < 1.29 is 4.79 Å². The maximum atomic E-state index is 11.9. The van der Waals surface area contributed by atoms with Crippen LogP contribution in [0.3, 0.4) is 0 Å². The van der Waals surface area contributed by atoms with Crippen LogP contribution in [-0.2, 0) is 4.79 Å². The van der Waals surface area contributed by atoms with Crippen molar-refractivity contribution in [3.8, 4) is 17.3 Å². The summed E-state index contributed by atoms with van der Waals surface area (Å²) >= 11 is 13.3. The van der Waals surface area contributed by atoms with Crippen LogP contribution in [0, 0.1) is 11.3 Å². The number of allylic oxidation sites excluding steroid dienone is 1. The van der Waals surface area contributed by atoms with E-state index < -0.39 is 0 Å². The van der Waals surface area contributed by atoms with Gasteiger partial charge in [-0.2, -0.15) is 5.26 Å². The number of carbonyl (C=O) groups is 1. The third-order valence-corrected chi connectivity index (χ3v) is 5.60. The minimum Gasteiger partial charge on any atom is -0.316 e. The first-order valence-corrected chi connectivity index (χ1v) is 10.0. The zero-order valence-electron chi connectivity index (χ0n) is 14.9. The number of halogens is 2. The predicted octanol–water partition coefficient (Wildman–Crippen LogP) is 6.53. The molecule has 7 heteroatoms. The molecule has 0 bridgehead atoms. The minimum absolute atomic E-state index is 0.112. The van der Waals surface area contributed by atoms with Crippen LogP contribution in [0.15, 0.2) is 48.5 Å². The molecular formula is C21H15Cl2N3OS. The van der Waals surface area contributed by atoms with Crippen molar-refractivity contribution in [3.63, 3.8) is 0 Å². The number of aromatic nitrogens is 1. The maximum absolute atomic E-state index is 11.9. The largest absolute Gasteiger partial charge is 0.316 e. The zero-order chi connectivity index (χ0) is 20.1. The molecule has 0 aliphatic heterocycles. The number of hydrogen-bond donors (Lipinski definition) is 1. The molecule has 3 aromatic rings. The predicted molar refractivity (Wildman–Crippen MR) is 116 cm³/mol. The molecule has 0 atom stereocenters. The van der Waals surface area contributed by atoms with Crippen LogP contribution in [0.5, 0.6) is 0 Å². The van der Waals surface area contributed by atoms with Gasteiger partial charge in [0.05, 0.1) is 15.6 Å². The highest BCUT2D eigenvalue weighted by molar-refractivity contribution is 7.17. The molecule has 28 heavy (non-hydrogen) atoms. The lowest BCUT2D eigenvalue weighted by Crippen LogP contribution is -2.08. The first-order valence-electron chi connectivity index (χ1n) is 8.45. The van der Waals surface area contributed by atoms with Gasteiger partial charge in [0.2, 0.25) is 5.91 Å². The van der Waals surface area contributed by atoms with E-state index in [9.17, 15) is 10.1 Å². The molecule has 0 spiro atoms. The molecule has 0 aliphatic rings. The molecule has 4 nitrogen and oxygen atoms in total. The van der Waals surface area contributed by atoms with Gasteiger partial charge in [0.25, 0.3) is 0 Å². The molecule has 0 radical (unpaired) electrons. The van der Waals surface area contributed by atoms with Gasteiger partial charge in [-0.1, -0.05) is 77.9 Å². The number of carbonyl (C=O) groups excluding carboxylic acids is 1. The molecule has 0 saturated heterocycles. The van der Waals surface area contributed by atoms with Crippen LogP contribution in [0.1, 0.15) is 23.9 Å². The van der Waals surface area contributed by atoms with Gasteiger partial charge in [0, 0.05) is 12.0 Å². The summed E-state index contributed by atoms with van der Waals surface area (Å²) in [7, 11) is 0. The van der Waals surface area contributed by atoms with E-state index >= 15 is 0 Å². The summed E-state index contributed by atoms with van der Waals surface area (Å²) in [6.45, 7) is 1.78. The molecular weight excluding hydrogens is 413 g/mol. The highest BCUT2D eigenvalue weighted by atomic mass is 35.5. The fourth-order valence-electron chi connectivity index (χ4n) is 2.44. The Morgan fingerprint density at radius 2 is 1.96 bits per heavy atom. The molecule has 2 aromatic carbocycles. The highest BCUT2D eigenvalue weighted by Crippen LogP contribution is 2.36. The van der Waals surface area contributed by atoms with Crippen LogP contribution in [0.4, 0.5) is 5.00 Å². The SMILES string of the molecule is CCC(=O)Nc1sc(C(C#N)=Cc2ccc(Cl)c(Cl)c2)nc1-c1ccccc1. The van der Waals surface area contributed by atoms with Crippen LogP contribution in [-0.4, -0.2) is 10.9 Å². The lowest BCUT2D eigenvalue weighted by atomic mass is 10.1. The smallest absolute Gasteiger partial charge is 0.224 e. The lowest BCUT2D eigenvalue weighted by Gasteiger charge is -2.03. The van der Waals surface area contributed by atoms with Crippen molar-refractivity contribution in [1.82, 2.24) is 4.98 Å². The zero-order valence-corrected chi connectivity index (χ0v) is 17.2. The van der Waals surface area contributed by atoms with Gasteiger partial charge in [-0.3, -0.25) is 4.79 Å². The number of amides is 1. The van der Waals surface area contributed by atoms with E-state index in [1.807, 2.05) is 30.3 Å². The van der Waals surface area contributed by atoms with E-state index in [0.717, 1.165) is 11.1 Å². The second kappa shape index (κ2) is 9.03. The Morgan fingerprint density at radius 1 is 1.21 bits per heavy atom. The number of anilines is 1. The average Bonchev–Trinajstić information content (AvgIpc) is 3.12. The second-order valence-corrected chi connectivity index (χ2v) is 7.62. The third kappa shape index (κ3) is 4.60. The van der Waals surface area contributed by atoms with Crippen LogP contribution < -0.4 is 5.32 Å². The summed E-state index contributed by atoms with van der Waals surface area (Å²) in [5.74, 6) is -0.112. The van der Waals surface area contributed by atoms with Crippen molar-refractivity contribution in [2.24, 2.45) is 0 Å². The molecule has 1 heterocycles. The van der Waals surface area contributed by atoms with Crippen LogP contribution in [0.25, 0.3) is 22.9 Å². The van der Waals surface area contributed by atoms with Gasteiger partial charge in [-0.15, -0.1) is 0 Å². The second-order valence-electron chi connectivity index (χ2n) is 5.81. The van der Waals surface area contributed by atoms with Crippen molar-refractivity contribution in [2.75, 3.05) is 5.32 Å². The first kappa shape index (κ1) is 20.1. The van der Waals surface area contributed by atoms with E-state index in [4.69, 9.17) is 23.2 Å². The summed E-state index contributed by atoms with van der Waals surface area (Å²) in [4.78, 5) is 16.6. The number of nitriles is 1. The molecule has 0 aliphatic carbocycles. The number of hydrogen-bond acceptors (Lipinski definition) is 4. The van der Waals surface area contributed by atoms with E-state index in [1.165, 1.54) is 11.3 Å². The Balaban J connectivity index is 2.07. The van der Waals surface area contributed by atoms with Gasteiger partial charge in [-0.25, -0.2) is 4.98 Å². The number of nitrogens with one attached hydrogen (secondary N) is 1. The van der Waals surface area contributed by atoms with E-state index in [1.54, 1.807) is 31.2 Å². The topological polar surface area (TPSA) is 65.8 Å². The summed E-state index contributed by atoms with van der Waals surface area (Å²) < 4.78 is 0. The third-order valence-electron chi connectivity index (χ3n) is 3.85. The fraction of sp³-hybridized carbons (Fsp3) is 0.0952. The Hall–Kier alpha value is -2.65.